The molecule has 0 spiro atoms. The van der Waals surface area contributed by atoms with E-state index in [0.717, 1.165) is 18.9 Å². The summed E-state index contributed by atoms with van der Waals surface area (Å²) in [5, 5.41) is 3.38. The number of benzene rings is 1. The Balaban J connectivity index is 1.73. The van der Waals surface area contributed by atoms with Crippen LogP contribution in [-0.4, -0.2) is 29.0 Å². The first-order valence-electron chi connectivity index (χ1n) is 6.86. The lowest BCUT2D eigenvalue weighted by atomic mass is 10.2. The molecule has 1 aliphatic rings. The Morgan fingerprint density at radius 2 is 1.86 bits per heavy atom. The van der Waals surface area contributed by atoms with Gasteiger partial charge in [0.05, 0.1) is 0 Å². The third-order valence-corrected chi connectivity index (χ3v) is 3.68. The van der Waals surface area contributed by atoms with E-state index in [1.165, 1.54) is 19.2 Å². The van der Waals surface area contributed by atoms with E-state index in [1.807, 2.05) is 0 Å². The lowest BCUT2D eigenvalue weighted by Crippen LogP contribution is -2.20. The first-order chi connectivity index (χ1) is 10.2. The topological polar surface area (TPSA) is 58.1 Å². The van der Waals surface area contributed by atoms with Crippen molar-refractivity contribution in [2.45, 2.75) is 12.8 Å². The van der Waals surface area contributed by atoms with Gasteiger partial charge in [-0.25, -0.2) is 9.97 Å². The minimum absolute atomic E-state index is 0.210. The van der Waals surface area contributed by atoms with Crippen molar-refractivity contribution in [3.05, 3.63) is 47.2 Å². The number of amides is 1. The SMILES string of the molecule is O=C(Nc1cc(N2CCCC2)ncn1)c1ccc(Cl)cc1. The van der Waals surface area contributed by atoms with Crippen LogP contribution in [0.2, 0.25) is 5.02 Å². The number of hydrogen-bond acceptors (Lipinski definition) is 4. The molecule has 1 fully saturated rings. The molecule has 1 aromatic carbocycles. The first kappa shape index (κ1) is 13.8. The molecule has 1 saturated heterocycles. The van der Waals surface area contributed by atoms with Crippen LogP contribution in [0.4, 0.5) is 11.6 Å². The minimum atomic E-state index is -0.210. The van der Waals surface area contributed by atoms with Crippen LogP contribution in [0.25, 0.3) is 0 Å². The van der Waals surface area contributed by atoms with Crippen LogP contribution in [0, 0.1) is 0 Å². The molecule has 3 rings (SSSR count). The molecule has 0 bridgehead atoms. The molecule has 0 atom stereocenters. The average Bonchev–Trinajstić information content (AvgIpc) is 3.02. The van der Waals surface area contributed by atoms with E-state index in [9.17, 15) is 4.79 Å². The monoisotopic (exact) mass is 302 g/mol. The number of carbonyl (C=O) groups is 1. The second kappa shape index (κ2) is 6.10. The highest BCUT2D eigenvalue weighted by atomic mass is 35.5. The summed E-state index contributed by atoms with van der Waals surface area (Å²) in [6.45, 7) is 2.00. The van der Waals surface area contributed by atoms with Crippen LogP contribution >= 0.6 is 11.6 Å². The predicted octanol–water partition coefficient (Wildman–Crippen LogP) is 2.98. The molecule has 2 aromatic rings. The summed E-state index contributed by atoms with van der Waals surface area (Å²) in [4.78, 5) is 22.7. The van der Waals surface area contributed by atoms with Crippen molar-refractivity contribution in [3.63, 3.8) is 0 Å². The first-order valence-corrected chi connectivity index (χ1v) is 7.24. The Morgan fingerprint density at radius 1 is 1.14 bits per heavy atom. The highest BCUT2D eigenvalue weighted by Crippen LogP contribution is 2.19. The summed E-state index contributed by atoms with van der Waals surface area (Å²) in [6.07, 6.45) is 3.83. The van der Waals surface area contributed by atoms with E-state index < -0.39 is 0 Å². The molecule has 5 nitrogen and oxygen atoms in total. The Hall–Kier alpha value is -2.14. The Kier molecular flexibility index (Phi) is 4.01. The van der Waals surface area contributed by atoms with Gasteiger partial charge in [0.15, 0.2) is 0 Å². The standard InChI is InChI=1S/C15H15ClN4O/c16-12-5-3-11(4-6-12)15(21)19-13-9-14(18-10-17-13)20-7-1-2-8-20/h3-6,9-10H,1-2,7-8H2,(H,17,18,19,21). The Morgan fingerprint density at radius 3 is 2.57 bits per heavy atom. The molecule has 0 aliphatic carbocycles. The highest BCUT2D eigenvalue weighted by molar-refractivity contribution is 6.30. The number of anilines is 2. The quantitative estimate of drug-likeness (QED) is 0.947. The number of carbonyl (C=O) groups excluding carboxylic acids is 1. The van der Waals surface area contributed by atoms with Gasteiger partial charge in [-0.3, -0.25) is 4.79 Å². The lowest BCUT2D eigenvalue weighted by molar-refractivity contribution is 0.102. The van der Waals surface area contributed by atoms with Gasteiger partial charge in [0.1, 0.15) is 18.0 Å². The lowest BCUT2D eigenvalue weighted by Gasteiger charge is -2.16. The zero-order valence-electron chi connectivity index (χ0n) is 11.4. The third-order valence-electron chi connectivity index (χ3n) is 3.43. The molecular formula is C15H15ClN4O. The number of rotatable bonds is 3. The molecule has 0 unspecified atom stereocenters. The summed E-state index contributed by atoms with van der Waals surface area (Å²) >= 11 is 5.81. The number of hydrogen-bond donors (Lipinski definition) is 1. The van der Waals surface area contributed by atoms with Crippen LogP contribution < -0.4 is 10.2 Å². The van der Waals surface area contributed by atoms with Crippen molar-refractivity contribution in [2.24, 2.45) is 0 Å². The number of aromatic nitrogens is 2. The summed E-state index contributed by atoms with van der Waals surface area (Å²) in [6, 6.07) is 8.54. The van der Waals surface area contributed by atoms with E-state index in [0.29, 0.717) is 16.4 Å². The smallest absolute Gasteiger partial charge is 0.256 e. The van der Waals surface area contributed by atoms with Crippen LogP contribution in [0.3, 0.4) is 0 Å². The maximum Gasteiger partial charge on any atom is 0.256 e. The highest BCUT2D eigenvalue weighted by Gasteiger charge is 2.15. The maximum atomic E-state index is 12.1. The van der Waals surface area contributed by atoms with Gasteiger partial charge in [-0.1, -0.05) is 11.6 Å². The van der Waals surface area contributed by atoms with Crippen molar-refractivity contribution in [3.8, 4) is 0 Å². The molecule has 1 N–H and O–H groups in total. The summed E-state index contributed by atoms with van der Waals surface area (Å²) in [5.41, 5.74) is 0.542. The Labute approximate surface area is 128 Å². The molecule has 108 valence electrons. The molecule has 0 radical (unpaired) electrons. The summed E-state index contributed by atoms with van der Waals surface area (Å²) in [5.74, 6) is 1.15. The molecular weight excluding hydrogens is 288 g/mol. The van der Waals surface area contributed by atoms with Crippen molar-refractivity contribution in [1.82, 2.24) is 9.97 Å². The molecule has 2 heterocycles. The van der Waals surface area contributed by atoms with Crippen molar-refractivity contribution in [2.75, 3.05) is 23.3 Å². The maximum absolute atomic E-state index is 12.1. The van der Waals surface area contributed by atoms with Gasteiger partial charge in [0.25, 0.3) is 5.91 Å². The van der Waals surface area contributed by atoms with Crippen molar-refractivity contribution < 1.29 is 4.79 Å². The van der Waals surface area contributed by atoms with E-state index >= 15 is 0 Å². The molecule has 0 saturated carbocycles. The zero-order valence-corrected chi connectivity index (χ0v) is 12.2. The fraction of sp³-hybridized carbons (Fsp3) is 0.267. The van der Waals surface area contributed by atoms with Gasteiger partial charge >= 0.3 is 0 Å². The molecule has 21 heavy (non-hydrogen) atoms. The van der Waals surface area contributed by atoms with Gasteiger partial charge in [-0.15, -0.1) is 0 Å². The fourth-order valence-electron chi connectivity index (χ4n) is 2.32. The van der Waals surface area contributed by atoms with Gasteiger partial charge in [-0.05, 0) is 37.1 Å². The summed E-state index contributed by atoms with van der Waals surface area (Å²) in [7, 11) is 0. The van der Waals surface area contributed by atoms with E-state index in [1.54, 1.807) is 30.3 Å². The van der Waals surface area contributed by atoms with Gasteiger partial charge < -0.3 is 10.2 Å². The third kappa shape index (κ3) is 3.31. The molecule has 1 amide bonds. The predicted molar refractivity (Wildman–Crippen MR) is 82.9 cm³/mol. The van der Waals surface area contributed by atoms with Crippen molar-refractivity contribution in [1.29, 1.82) is 0 Å². The van der Waals surface area contributed by atoms with Gasteiger partial charge in [-0.2, -0.15) is 0 Å². The second-order valence-electron chi connectivity index (χ2n) is 4.92. The van der Waals surface area contributed by atoms with Crippen LogP contribution in [0.15, 0.2) is 36.7 Å². The minimum Gasteiger partial charge on any atom is -0.356 e. The van der Waals surface area contributed by atoms with Gasteiger partial charge in [0.2, 0.25) is 0 Å². The largest absolute Gasteiger partial charge is 0.356 e. The zero-order chi connectivity index (χ0) is 14.7. The van der Waals surface area contributed by atoms with Crippen molar-refractivity contribution >= 4 is 29.1 Å². The number of nitrogens with one attached hydrogen (secondary N) is 1. The number of halogens is 1. The fourth-order valence-corrected chi connectivity index (χ4v) is 2.45. The molecule has 6 heteroatoms. The van der Waals surface area contributed by atoms with E-state index in [4.69, 9.17) is 11.6 Å². The van der Waals surface area contributed by atoms with E-state index in [2.05, 4.69) is 20.2 Å². The molecule has 1 aromatic heterocycles. The van der Waals surface area contributed by atoms with E-state index in [-0.39, 0.29) is 5.91 Å². The normalized spacial score (nSPS) is 14.2. The number of nitrogens with zero attached hydrogens (tertiary/aromatic N) is 3. The van der Waals surface area contributed by atoms with Crippen LogP contribution in [0.1, 0.15) is 23.2 Å². The second-order valence-corrected chi connectivity index (χ2v) is 5.35. The van der Waals surface area contributed by atoms with Crippen LogP contribution in [-0.2, 0) is 0 Å². The van der Waals surface area contributed by atoms with Gasteiger partial charge in [0, 0.05) is 29.7 Å². The summed E-state index contributed by atoms with van der Waals surface area (Å²) < 4.78 is 0. The molecule has 1 aliphatic heterocycles. The Bertz CT molecular complexity index is 638. The average molecular weight is 303 g/mol. The van der Waals surface area contributed by atoms with Crippen LogP contribution in [0.5, 0.6) is 0 Å².